The highest BCUT2D eigenvalue weighted by molar-refractivity contribution is 5.84. The molecule has 2 aliphatic rings. The van der Waals surface area contributed by atoms with Crippen LogP contribution in [0.5, 0.6) is 5.75 Å². The van der Waals surface area contributed by atoms with E-state index in [1.165, 1.54) is 5.56 Å². The predicted molar refractivity (Wildman–Crippen MR) is 99.1 cm³/mol. The van der Waals surface area contributed by atoms with Crippen molar-refractivity contribution in [3.05, 3.63) is 29.8 Å². The molecule has 5 nitrogen and oxygen atoms in total. The number of unbranched alkanes of at least 4 members (excludes halogenated alkanes) is 2. The number of hydrogen-bond donors (Lipinski definition) is 1. The van der Waals surface area contributed by atoms with Crippen LogP contribution < -0.4 is 4.74 Å². The van der Waals surface area contributed by atoms with Crippen molar-refractivity contribution >= 4 is 11.9 Å². The summed E-state index contributed by atoms with van der Waals surface area (Å²) in [6.45, 7) is 0.645. The van der Waals surface area contributed by atoms with E-state index in [9.17, 15) is 14.7 Å². The van der Waals surface area contributed by atoms with Crippen LogP contribution in [0.3, 0.4) is 0 Å². The molecule has 2 fully saturated rings. The number of aliphatic carboxylic acids is 1. The smallest absolute Gasteiger partial charge is 0.326 e. The number of carboxylic acids is 1. The molecule has 3 atom stereocenters. The number of fused-ring (bicyclic) bond motifs is 1. The number of likely N-dealkylation sites (tertiary alicyclic amines) is 1. The summed E-state index contributed by atoms with van der Waals surface area (Å²) >= 11 is 0. The first kappa shape index (κ1) is 18.7. The third-order valence-corrected chi connectivity index (χ3v) is 5.98. The number of aryl methyl sites for hydroxylation is 1. The Labute approximate surface area is 155 Å². The predicted octanol–water partition coefficient (Wildman–Crippen LogP) is 3.51. The largest absolute Gasteiger partial charge is 0.497 e. The van der Waals surface area contributed by atoms with Gasteiger partial charge in [-0.3, -0.25) is 4.79 Å². The highest BCUT2D eigenvalue weighted by Crippen LogP contribution is 2.42. The van der Waals surface area contributed by atoms with Gasteiger partial charge in [-0.2, -0.15) is 0 Å². The summed E-state index contributed by atoms with van der Waals surface area (Å²) in [5, 5.41) is 9.55. The quantitative estimate of drug-likeness (QED) is 0.721. The van der Waals surface area contributed by atoms with Crippen LogP contribution in [-0.4, -0.2) is 41.6 Å². The fourth-order valence-electron chi connectivity index (χ4n) is 4.60. The van der Waals surface area contributed by atoms with Crippen molar-refractivity contribution in [3.63, 3.8) is 0 Å². The van der Waals surface area contributed by atoms with Crippen molar-refractivity contribution in [1.82, 2.24) is 4.90 Å². The molecular weight excluding hydrogens is 330 g/mol. The molecule has 1 aliphatic heterocycles. The standard InChI is InChI=1S/C21H29NO4/c1-26-17-12-10-15(11-13-17)6-3-2-4-9-19(23)22-14-16-7-5-8-18(16)20(22)21(24)25/h10-13,16,18,20H,2-9,14H2,1H3,(H,24,25). The van der Waals surface area contributed by atoms with Crippen LogP contribution in [0.2, 0.25) is 0 Å². The Morgan fingerprint density at radius 1 is 1.15 bits per heavy atom. The molecule has 1 saturated heterocycles. The molecule has 0 bridgehead atoms. The summed E-state index contributed by atoms with van der Waals surface area (Å²) < 4.78 is 5.16. The van der Waals surface area contributed by atoms with Gasteiger partial charge in [0.1, 0.15) is 11.8 Å². The van der Waals surface area contributed by atoms with Crippen LogP contribution in [0.25, 0.3) is 0 Å². The Kier molecular flexibility index (Phi) is 6.17. The number of ether oxygens (including phenoxy) is 1. The second-order valence-electron chi connectivity index (χ2n) is 7.59. The zero-order valence-electron chi connectivity index (χ0n) is 15.5. The Morgan fingerprint density at radius 3 is 2.62 bits per heavy atom. The van der Waals surface area contributed by atoms with Gasteiger partial charge in [0.15, 0.2) is 0 Å². The minimum Gasteiger partial charge on any atom is -0.497 e. The number of rotatable bonds is 8. The van der Waals surface area contributed by atoms with Gasteiger partial charge < -0.3 is 14.7 Å². The molecule has 0 spiro atoms. The summed E-state index contributed by atoms with van der Waals surface area (Å²) in [5.74, 6) is 0.632. The minimum absolute atomic E-state index is 0.0243. The second-order valence-corrected chi connectivity index (χ2v) is 7.59. The maximum atomic E-state index is 12.5. The van der Waals surface area contributed by atoms with Gasteiger partial charge in [-0.15, -0.1) is 0 Å². The van der Waals surface area contributed by atoms with Gasteiger partial charge in [0.05, 0.1) is 7.11 Å². The fourth-order valence-corrected chi connectivity index (χ4v) is 4.60. The molecule has 1 aromatic rings. The number of methoxy groups -OCH3 is 1. The van der Waals surface area contributed by atoms with Gasteiger partial charge in [-0.05, 0) is 61.6 Å². The molecule has 142 valence electrons. The molecule has 1 saturated carbocycles. The summed E-state index contributed by atoms with van der Waals surface area (Å²) in [6, 6.07) is 7.49. The molecule has 5 heteroatoms. The number of benzene rings is 1. The van der Waals surface area contributed by atoms with E-state index in [1.54, 1.807) is 12.0 Å². The van der Waals surface area contributed by atoms with Gasteiger partial charge in [0.25, 0.3) is 0 Å². The normalized spacial score (nSPS) is 24.5. The van der Waals surface area contributed by atoms with E-state index in [2.05, 4.69) is 12.1 Å². The highest BCUT2D eigenvalue weighted by Gasteiger charge is 2.49. The maximum Gasteiger partial charge on any atom is 0.326 e. The van der Waals surface area contributed by atoms with Gasteiger partial charge in [0, 0.05) is 13.0 Å². The van der Waals surface area contributed by atoms with E-state index in [1.807, 2.05) is 12.1 Å². The Morgan fingerprint density at radius 2 is 1.92 bits per heavy atom. The minimum atomic E-state index is -0.827. The van der Waals surface area contributed by atoms with Crippen LogP contribution in [0.4, 0.5) is 0 Å². The van der Waals surface area contributed by atoms with Crippen LogP contribution in [0, 0.1) is 11.8 Å². The topological polar surface area (TPSA) is 66.8 Å². The van der Waals surface area contributed by atoms with Gasteiger partial charge in [-0.25, -0.2) is 4.79 Å². The first-order valence-electron chi connectivity index (χ1n) is 9.75. The summed E-state index contributed by atoms with van der Waals surface area (Å²) in [5.41, 5.74) is 1.27. The van der Waals surface area contributed by atoms with E-state index >= 15 is 0 Å². The lowest BCUT2D eigenvalue weighted by Crippen LogP contribution is -2.43. The molecule has 1 N–H and O–H groups in total. The van der Waals surface area contributed by atoms with E-state index in [-0.39, 0.29) is 11.8 Å². The average Bonchev–Trinajstić information content (AvgIpc) is 3.22. The van der Waals surface area contributed by atoms with Crippen LogP contribution in [0.15, 0.2) is 24.3 Å². The lowest BCUT2D eigenvalue weighted by atomic mass is 9.94. The number of nitrogens with zero attached hydrogens (tertiary/aromatic N) is 1. The van der Waals surface area contributed by atoms with Crippen molar-refractivity contribution in [2.24, 2.45) is 11.8 Å². The van der Waals surface area contributed by atoms with E-state index in [4.69, 9.17) is 4.74 Å². The molecule has 1 heterocycles. The molecule has 1 amide bonds. The van der Waals surface area contributed by atoms with Crippen molar-refractivity contribution in [1.29, 1.82) is 0 Å². The van der Waals surface area contributed by atoms with Gasteiger partial charge in [0.2, 0.25) is 5.91 Å². The zero-order chi connectivity index (χ0) is 18.5. The molecule has 3 rings (SSSR count). The molecule has 26 heavy (non-hydrogen) atoms. The highest BCUT2D eigenvalue weighted by atomic mass is 16.5. The van der Waals surface area contributed by atoms with Crippen molar-refractivity contribution in [3.8, 4) is 5.75 Å². The number of amides is 1. The third-order valence-electron chi connectivity index (χ3n) is 5.98. The number of hydrogen-bond acceptors (Lipinski definition) is 3. The zero-order valence-corrected chi connectivity index (χ0v) is 15.5. The Hall–Kier alpha value is -2.04. The first-order chi connectivity index (χ1) is 12.6. The molecular formula is C21H29NO4. The first-order valence-corrected chi connectivity index (χ1v) is 9.75. The summed E-state index contributed by atoms with van der Waals surface area (Å²) in [6.07, 6.45) is 7.42. The lowest BCUT2D eigenvalue weighted by Gasteiger charge is -2.24. The van der Waals surface area contributed by atoms with E-state index < -0.39 is 12.0 Å². The molecule has 3 unspecified atom stereocenters. The lowest BCUT2D eigenvalue weighted by molar-refractivity contribution is -0.149. The second kappa shape index (κ2) is 8.56. The van der Waals surface area contributed by atoms with Crippen molar-refractivity contribution in [2.45, 2.75) is 57.4 Å². The molecule has 1 aliphatic carbocycles. The molecule has 0 aromatic heterocycles. The number of carboxylic acid groups (broad SMARTS) is 1. The molecule has 0 radical (unpaired) electrons. The average molecular weight is 359 g/mol. The Balaban J connectivity index is 1.40. The van der Waals surface area contributed by atoms with Crippen LogP contribution in [0.1, 0.15) is 50.5 Å². The van der Waals surface area contributed by atoms with Crippen molar-refractivity contribution in [2.75, 3.05) is 13.7 Å². The number of carbonyl (C=O) groups excluding carboxylic acids is 1. The van der Waals surface area contributed by atoms with Crippen molar-refractivity contribution < 1.29 is 19.4 Å². The van der Waals surface area contributed by atoms with Crippen LogP contribution in [-0.2, 0) is 16.0 Å². The van der Waals surface area contributed by atoms with Gasteiger partial charge >= 0.3 is 5.97 Å². The molecule has 1 aromatic carbocycles. The van der Waals surface area contributed by atoms with Crippen LogP contribution >= 0.6 is 0 Å². The monoisotopic (exact) mass is 359 g/mol. The van der Waals surface area contributed by atoms with E-state index in [0.717, 1.165) is 50.7 Å². The SMILES string of the molecule is COc1ccc(CCCCCC(=O)N2CC3CCCC3C2C(=O)O)cc1. The summed E-state index contributed by atoms with van der Waals surface area (Å²) in [4.78, 5) is 25.8. The van der Waals surface area contributed by atoms with E-state index in [0.29, 0.717) is 18.9 Å². The van der Waals surface area contributed by atoms with Gasteiger partial charge in [-0.1, -0.05) is 25.0 Å². The Bertz CT molecular complexity index is 627. The number of carbonyl (C=O) groups is 2. The fraction of sp³-hybridized carbons (Fsp3) is 0.619. The maximum absolute atomic E-state index is 12.5. The third kappa shape index (κ3) is 4.19. The summed E-state index contributed by atoms with van der Waals surface area (Å²) in [7, 11) is 1.66.